The lowest BCUT2D eigenvalue weighted by molar-refractivity contribution is 0.0686. The average molecular weight is 250 g/mol. The Hall–Kier alpha value is -1.85. The van der Waals surface area contributed by atoms with Gasteiger partial charge in [-0.1, -0.05) is 13.8 Å². The smallest absolute Gasteiger partial charge is 0.318 e. The highest BCUT2D eigenvalue weighted by Crippen LogP contribution is 2.16. The number of nitrogens with one attached hydrogen (secondary N) is 1. The number of hydrogen-bond donors (Lipinski definition) is 1. The number of urea groups is 1. The molecule has 0 spiro atoms. The van der Waals surface area contributed by atoms with Gasteiger partial charge in [0.25, 0.3) is 5.91 Å². The number of nitrogens with zero attached hydrogens (tertiary/aromatic N) is 3. The van der Waals surface area contributed by atoms with Gasteiger partial charge in [-0.2, -0.15) is 0 Å². The van der Waals surface area contributed by atoms with E-state index in [1.807, 2.05) is 13.8 Å². The minimum Gasteiger partial charge on any atom is -0.338 e. The summed E-state index contributed by atoms with van der Waals surface area (Å²) < 4.78 is 1.44. The Morgan fingerprint density at radius 2 is 2.28 bits per heavy atom. The van der Waals surface area contributed by atoms with Gasteiger partial charge in [0, 0.05) is 25.5 Å². The first-order valence-corrected chi connectivity index (χ1v) is 6.18. The van der Waals surface area contributed by atoms with Crippen LogP contribution in [0.3, 0.4) is 0 Å². The molecule has 2 rings (SSSR count). The molecule has 18 heavy (non-hydrogen) atoms. The van der Waals surface area contributed by atoms with Crippen LogP contribution in [0.1, 0.15) is 25.1 Å². The molecule has 1 aliphatic rings. The van der Waals surface area contributed by atoms with Crippen LogP contribution in [0, 0.1) is 5.92 Å². The summed E-state index contributed by atoms with van der Waals surface area (Å²) in [4.78, 5) is 29.7. The van der Waals surface area contributed by atoms with Crippen molar-refractivity contribution in [2.45, 2.75) is 26.3 Å². The van der Waals surface area contributed by atoms with Gasteiger partial charge in [0.2, 0.25) is 0 Å². The molecule has 2 amide bonds. The predicted octanol–water partition coefficient (Wildman–Crippen LogP) is 0.963. The molecule has 0 saturated carbocycles. The second kappa shape index (κ2) is 5.20. The number of carbonyl (C=O) groups excluding carboxylic acids is 2. The van der Waals surface area contributed by atoms with E-state index in [9.17, 15) is 9.59 Å². The molecular weight excluding hydrogens is 232 g/mol. The number of carbonyl (C=O) groups is 2. The number of hydrogen-bond acceptors (Lipinski definition) is 3. The summed E-state index contributed by atoms with van der Waals surface area (Å²) in [6.07, 6.45) is 5.51. The maximum absolute atomic E-state index is 12.4. The van der Waals surface area contributed by atoms with Crippen LogP contribution in [-0.2, 0) is 0 Å². The SMILES string of the molecule is CC(C)[C@@H](C(=O)n1ccnc1)N1CCCNC1=O. The first-order valence-electron chi connectivity index (χ1n) is 6.18. The fourth-order valence-electron chi connectivity index (χ4n) is 2.23. The van der Waals surface area contributed by atoms with Crippen LogP contribution in [0.15, 0.2) is 18.7 Å². The molecule has 1 aromatic heterocycles. The highest BCUT2D eigenvalue weighted by atomic mass is 16.2. The van der Waals surface area contributed by atoms with Crippen LogP contribution < -0.4 is 5.32 Å². The zero-order valence-corrected chi connectivity index (χ0v) is 10.7. The van der Waals surface area contributed by atoms with E-state index in [1.54, 1.807) is 17.3 Å². The van der Waals surface area contributed by atoms with Crippen LogP contribution >= 0.6 is 0 Å². The van der Waals surface area contributed by atoms with Gasteiger partial charge in [-0.15, -0.1) is 0 Å². The van der Waals surface area contributed by atoms with Crippen molar-refractivity contribution in [1.29, 1.82) is 0 Å². The molecule has 0 bridgehead atoms. The first-order chi connectivity index (χ1) is 8.61. The van der Waals surface area contributed by atoms with Crippen LogP contribution in [0.5, 0.6) is 0 Å². The summed E-state index contributed by atoms with van der Waals surface area (Å²) in [5.41, 5.74) is 0. The van der Waals surface area contributed by atoms with Crippen molar-refractivity contribution < 1.29 is 9.59 Å². The van der Waals surface area contributed by atoms with Crippen LogP contribution in [-0.4, -0.2) is 45.5 Å². The van der Waals surface area contributed by atoms with Gasteiger partial charge in [-0.05, 0) is 12.3 Å². The van der Waals surface area contributed by atoms with Crippen molar-refractivity contribution in [3.63, 3.8) is 0 Å². The topological polar surface area (TPSA) is 67.2 Å². The molecular formula is C12H18N4O2. The van der Waals surface area contributed by atoms with E-state index in [-0.39, 0.29) is 17.9 Å². The molecule has 1 saturated heterocycles. The quantitative estimate of drug-likeness (QED) is 0.869. The average Bonchev–Trinajstić information content (AvgIpc) is 2.85. The molecule has 0 aliphatic carbocycles. The summed E-state index contributed by atoms with van der Waals surface area (Å²) in [6.45, 7) is 5.19. The Labute approximate surface area is 106 Å². The Bertz CT molecular complexity index is 427. The standard InChI is InChI=1S/C12H18N4O2/c1-9(2)10(11(17)15-7-5-13-8-15)16-6-3-4-14-12(16)18/h5,7-10H,3-4,6H2,1-2H3,(H,14,18)/t10-/m0/s1. The van der Waals surface area contributed by atoms with Crippen LogP contribution in [0.2, 0.25) is 0 Å². The van der Waals surface area contributed by atoms with Gasteiger partial charge >= 0.3 is 6.03 Å². The van der Waals surface area contributed by atoms with Crippen molar-refractivity contribution in [2.75, 3.05) is 13.1 Å². The number of rotatable bonds is 3. The lowest BCUT2D eigenvalue weighted by Gasteiger charge is -2.35. The van der Waals surface area contributed by atoms with E-state index < -0.39 is 6.04 Å². The first kappa shape index (κ1) is 12.6. The minimum atomic E-state index is -0.445. The summed E-state index contributed by atoms with van der Waals surface area (Å²) in [5.74, 6) is -0.0525. The molecule has 0 radical (unpaired) electrons. The Balaban J connectivity index is 2.22. The minimum absolute atomic E-state index is 0.0590. The summed E-state index contributed by atoms with van der Waals surface area (Å²) >= 11 is 0. The Kier molecular flexibility index (Phi) is 3.64. The van der Waals surface area contributed by atoms with Crippen molar-refractivity contribution in [3.8, 4) is 0 Å². The molecule has 0 unspecified atom stereocenters. The summed E-state index contributed by atoms with van der Waals surface area (Å²) in [6, 6.07) is -0.604. The van der Waals surface area contributed by atoms with E-state index in [0.717, 1.165) is 6.42 Å². The lowest BCUT2D eigenvalue weighted by atomic mass is 10.0. The Morgan fingerprint density at radius 3 is 2.83 bits per heavy atom. The molecule has 6 nitrogen and oxygen atoms in total. The van der Waals surface area contributed by atoms with Crippen molar-refractivity contribution >= 4 is 11.9 Å². The maximum Gasteiger partial charge on any atom is 0.318 e. The maximum atomic E-state index is 12.4. The van der Waals surface area contributed by atoms with Crippen molar-refractivity contribution in [3.05, 3.63) is 18.7 Å². The highest BCUT2D eigenvalue weighted by molar-refractivity contribution is 5.89. The third-order valence-electron chi connectivity index (χ3n) is 3.09. The highest BCUT2D eigenvalue weighted by Gasteiger charge is 2.34. The molecule has 1 atom stereocenters. The van der Waals surface area contributed by atoms with Gasteiger partial charge in [0.1, 0.15) is 12.4 Å². The van der Waals surface area contributed by atoms with E-state index in [2.05, 4.69) is 10.3 Å². The van der Waals surface area contributed by atoms with E-state index in [0.29, 0.717) is 13.1 Å². The molecule has 1 aromatic rings. The zero-order chi connectivity index (χ0) is 13.1. The molecule has 2 heterocycles. The van der Waals surface area contributed by atoms with Gasteiger partial charge < -0.3 is 10.2 Å². The number of imidazole rings is 1. The third kappa shape index (κ3) is 2.37. The molecule has 1 N–H and O–H groups in total. The third-order valence-corrected chi connectivity index (χ3v) is 3.09. The second-order valence-electron chi connectivity index (χ2n) is 4.78. The van der Waals surface area contributed by atoms with Gasteiger partial charge in [0.15, 0.2) is 0 Å². The zero-order valence-electron chi connectivity index (χ0n) is 10.7. The molecule has 0 aromatic carbocycles. The van der Waals surface area contributed by atoms with Crippen molar-refractivity contribution in [2.24, 2.45) is 5.92 Å². The molecule has 98 valence electrons. The van der Waals surface area contributed by atoms with Crippen molar-refractivity contribution in [1.82, 2.24) is 19.8 Å². The molecule has 6 heteroatoms. The van der Waals surface area contributed by atoms with Gasteiger partial charge in [-0.3, -0.25) is 9.36 Å². The fourth-order valence-corrected chi connectivity index (χ4v) is 2.23. The van der Waals surface area contributed by atoms with E-state index in [4.69, 9.17) is 0 Å². The largest absolute Gasteiger partial charge is 0.338 e. The summed E-state index contributed by atoms with van der Waals surface area (Å²) in [7, 11) is 0. The van der Waals surface area contributed by atoms with E-state index in [1.165, 1.54) is 10.9 Å². The molecule has 1 aliphatic heterocycles. The van der Waals surface area contributed by atoms with Crippen LogP contribution in [0.4, 0.5) is 4.79 Å². The van der Waals surface area contributed by atoms with E-state index >= 15 is 0 Å². The summed E-state index contributed by atoms with van der Waals surface area (Å²) in [5, 5.41) is 2.78. The normalized spacial score (nSPS) is 17.7. The monoisotopic (exact) mass is 250 g/mol. The number of amides is 2. The lowest BCUT2D eigenvalue weighted by Crippen LogP contribution is -2.56. The second-order valence-corrected chi connectivity index (χ2v) is 4.78. The van der Waals surface area contributed by atoms with Crippen LogP contribution in [0.25, 0.3) is 0 Å². The number of aromatic nitrogens is 2. The van der Waals surface area contributed by atoms with Gasteiger partial charge in [-0.25, -0.2) is 9.78 Å². The van der Waals surface area contributed by atoms with Gasteiger partial charge in [0.05, 0.1) is 0 Å². The predicted molar refractivity (Wildman–Crippen MR) is 66.2 cm³/mol. The molecule has 1 fully saturated rings. The Morgan fingerprint density at radius 1 is 1.50 bits per heavy atom. The fraction of sp³-hybridized carbons (Fsp3) is 0.583.